The Morgan fingerprint density at radius 2 is 2.00 bits per heavy atom. The summed E-state index contributed by atoms with van der Waals surface area (Å²) in [5.41, 5.74) is 0. The second-order valence-electron chi connectivity index (χ2n) is 1.70. The molecule has 0 aromatic carbocycles. The minimum absolute atomic E-state index is 0.0139. The van der Waals surface area contributed by atoms with Crippen LogP contribution in [0, 0.1) is 18.3 Å². The molecule has 1 nitrogen and oxygen atoms in total. The number of rotatable bonds is 1. The molecule has 0 aromatic heterocycles. The Labute approximate surface area is 44.4 Å². The lowest BCUT2D eigenvalue weighted by Gasteiger charge is -2.04. The van der Waals surface area contributed by atoms with E-state index in [2.05, 4.69) is 5.92 Å². The zero-order chi connectivity index (χ0) is 5.86. The van der Waals surface area contributed by atoms with Crippen molar-refractivity contribution in [2.45, 2.75) is 20.0 Å². The highest BCUT2D eigenvalue weighted by Gasteiger charge is 2.01. The molecule has 0 aliphatic heterocycles. The standard InChI is InChI=1S/C6H10O/c1-4-5(2)6(3)7/h1,5-7H,2-3H3/t5-,6?/m1/s1. The van der Waals surface area contributed by atoms with Gasteiger partial charge in [0.05, 0.1) is 6.10 Å². The maximum Gasteiger partial charge on any atom is 0.0646 e. The lowest BCUT2D eigenvalue weighted by atomic mass is 10.1. The molecule has 1 unspecified atom stereocenters. The van der Waals surface area contributed by atoms with Crippen LogP contribution in [0.15, 0.2) is 0 Å². The molecular formula is C6H10O. The molecule has 0 fully saturated rings. The van der Waals surface area contributed by atoms with Gasteiger partial charge in [0.25, 0.3) is 0 Å². The van der Waals surface area contributed by atoms with Gasteiger partial charge >= 0.3 is 0 Å². The van der Waals surface area contributed by atoms with Crippen molar-refractivity contribution in [1.82, 2.24) is 0 Å². The largest absolute Gasteiger partial charge is 0.392 e. The van der Waals surface area contributed by atoms with Gasteiger partial charge in [0.1, 0.15) is 0 Å². The number of aliphatic hydroxyl groups excluding tert-OH is 1. The Hall–Kier alpha value is -0.480. The van der Waals surface area contributed by atoms with E-state index in [9.17, 15) is 0 Å². The lowest BCUT2D eigenvalue weighted by Crippen LogP contribution is -2.09. The zero-order valence-corrected chi connectivity index (χ0v) is 4.68. The highest BCUT2D eigenvalue weighted by Crippen LogP contribution is 1.96. The molecule has 0 saturated carbocycles. The second kappa shape index (κ2) is 2.65. The molecule has 1 heteroatoms. The first-order valence-electron chi connectivity index (χ1n) is 2.32. The summed E-state index contributed by atoms with van der Waals surface area (Å²) >= 11 is 0. The minimum Gasteiger partial charge on any atom is -0.392 e. The van der Waals surface area contributed by atoms with Crippen molar-refractivity contribution in [1.29, 1.82) is 0 Å². The van der Waals surface area contributed by atoms with Gasteiger partial charge in [0, 0.05) is 5.92 Å². The molecule has 0 aliphatic rings. The third-order valence-electron chi connectivity index (χ3n) is 0.986. The van der Waals surface area contributed by atoms with Gasteiger partial charge < -0.3 is 5.11 Å². The fourth-order valence-corrected chi connectivity index (χ4v) is 0.139. The van der Waals surface area contributed by atoms with E-state index in [0.29, 0.717) is 0 Å². The van der Waals surface area contributed by atoms with Crippen molar-refractivity contribution in [3.63, 3.8) is 0 Å². The van der Waals surface area contributed by atoms with E-state index in [4.69, 9.17) is 11.5 Å². The van der Waals surface area contributed by atoms with Crippen LogP contribution in [-0.4, -0.2) is 11.2 Å². The fraction of sp³-hybridized carbons (Fsp3) is 0.667. The molecule has 0 rings (SSSR count). The highest BCUT2D eigenvalue weighted by atomic mass is 16.3. The first-order valence-corrected chi connectivity index (χ1v) is 2.32. The van der Waals surface area contributed by atoms with E-state index in [0.717, 1.165) is 0 Å². The Balaban J connectivity index is 3.40. The van der Waals surface area contributed by atoms with Crippen LogP contribution in [0.4, 0.5) is 0 Å². The van der Waals surface area contributed by atoms with Gasteiger partial charge in [-0.25, -0.2) is 0 Å². The summed E-state index contributed by atoms with van der Waals surface area (Å²) < 4.78 is 0. The summed E-state index contributed by atoms with van der Waals surface area (Å²) in [4.78, 5) is 0. The summed E-state index contributed by atoms with van der Waals surface area (Å²) in [6.45, 7) is 3.50. The predicted octanol–water partition coefficient (Wildman–Crippen LogP) is 0.637. The Morgan fingerprint density at radius 1 is 1.57 bits per heavy atom. The monoisotopic (exact) mass is 98.1 g/mol. The average Bonchev–Trinajstić information content (AvgIpc) is 1.65. The van der Waals surface area contributed by atoms with Crippen LogP contribution in [0.25, 0.3) is 0 Å². The minimum atomic E-state index is -0.370. The molecule has 0 amide bonds. The molecular weight excluding hydrogens is 88.1 g/mol. The van der Waals surface area contributed by atoms with Crippen LogP contribution in [-0.2, 0) is 0 Å². The first-order chi connectivity index (χ1) is 3.18. The summed E-state index contributed by atoms with van der Waals surface area (Å²) in [5.74, 6) is 2.40. The molecule has 2 atom stereocenters. The number of aliphatic hydroxyl groups is 1. The number of terminal acetylenes is 1. The van der Waals surface area contributed by atoms with Crippen LogP contribution >= 0.6 is 0 Å². The van der Waals surface area contributed by atoms with Crippen LogP contribution < -0.4 is 0 Å². The number of hydrogen-bond acceptors (Lipinski definition) is 1. The molecule has 0 spiro atoms. The molecule has 1 N–H and O–H groups in total. The lowest BCUT2D eigenvalue weighted by molar-refractivity contribution is 0.161. The van der Waals surface area contributed by atoms with E-state index in [-0.39, 0.29) is 12.0 Å². The average molecular weight is 98.1 g/mol. The third-order valence-corrected chi connectivity index (χ3v) is 0.986. The molecule has 0 aromatic rings. The zero-order valence-electron chi connectivity index (χ0n) is 4.68. The van der Waals surface area contributed by atoms with Crippen LogP contribution in [0.5, 0.6) is 0 Å². The highest BCUT2D eigenvalue weighted by molar-refractivity contribution is 4.92. The van der Waals surface area contributed by atoms with Crippen molar-refractivity contribution in [2.75, 3.05) is 0 Å². The summed E-state index contributed by atoms with van der Waals surface area (Å²) in [6, 6.07) is 0. The number of hydrogen-bond donors (Lipinski definition) is 1. The molecule has 7 heavy (non-hydrogen) atoms. The van der Waals surface area contributed by atoms with Crippen LogP contribution in [0.1, 0.15) is 13.8 Å². The van der Waals surface area contributed by atoms with E-state index in [1.165, 1.54) is 0 Å². The van der Waals surface area contributed by atoms with Gasteiger partial charge in [-0.15, -0.1) is 12.3 Å². The molecule has 0 saturated heterocycles. The fourth-order valence-electron chi connectivity index (χ4n) is 0.139. The van der Waals surface area contributed by atoms with Crippen LogP contribution in [0.2, 0.25) is 0 Å². The van der Waals surface area contributed by atoms with Gasteiger partial charge in [-0.1, -0.05) is 0 Å². The maximum atomic E-state index is 8.68. The molecule has 40 valence electrons. The normalized spacial score (nSPS) is 17.4. The van der Waals surface area contributed by atoms with E-state index in [1.54, 1.807) is 6.92 Å². The van der Waals surface area contributed by atoms with E-state index >= 15 is 0 Å². The smallest absolute Gasteiger partial charge is 0.0646 e. The van der Waals surface area contributed by atoms with Gasteiger partial charge in [-0.05, 0) is 13.8 Å². The van der Waals surface area contributed by atoms with Crippen LogP contribution in [0.3, 0.4) is 0 Å². The van der Waals surface area contributed by atoms with Crippen molar-refractivity contribution in [3.8, 4) is 12.3 Å². The van der Waals surface area contributed by atoms with Gasteiger partial charge in [0.15, 0.2) is 0 Å². The van der Waals surface area contributed by atoms with E-state index in [1.807, 2.05) is 6.92 Å². The van der Waals surface area contributed by atoms with Crippen molar-refractivity contribution < 1.29 is 5.11 Å². The Bertz CT molecular complexity index is 78.7. The second-order valence-corrected chi connectivity index (χ2v) is 1.70. The molecule has 0 heterocycles. The topological polar surface area (TPSA) is 20.2 Å². The SMILES string of the molecule is C#C[C@@H](C)C(C)O. The van der Waals surface area contributed by atoms with Crippen molar-refractivity contribution >= 4 is 0 Å². The summed E-state index contributed by atoms with van der Waals surface area (Å²) in [5, 5.41) is 8.68. The molecule has 0 radical (unpaired) electrons. The summed E-state index contributed by atoms with van der Waals surface area (Å²) in [7, 11) is 0. The van der Waals surface area contributed by atoms with Crippen molar-refractivity contribution in [2.24, 2.45) is 5.92 Å². The first kappa shape index (κ1) is 6.52. The quantitative estimate of drug-likeness (QED) is 0.477. The van der Waals surface area contributed by atoms with Gasteiger partial charge in [-0.2, -0.15) is 0 Å². The summed E-state index contributed by atoms with van der Waals surface area (Å²) in [6.07, 6.45) is 4.59. The molecule has 0 bridgehead atoms. The van der Waals surface area contributed by atoms with Gasteiger partial charge in [0.2, 0.25) is 0 Å². The van der Waals surface area contributed by atoms with Gasteiger partial charge in [-0.3, -0.25) is 0 Å². The third kappa shape index (κ3) is 2.24. The Morgan fingerprint density at radius 3 is 2.00 bits per heavy atom. The van der Waals surface area contributed by atoms with Crippen molar-refractivity contribution in [3.05, 3.63) is 0 Å². The Kier molecular flexibility index (Phi) is 2.47. The maximum absolute atomic E-state index is 8.68. The molecule has 0 aliphatic carbocycles. The predicted molar refractivity (Wildman–Crippen MR) is 29.7 cm³/mol. The van der Waals surface area contributed by atoms with E-state index < -0.39 is 0 Å².